The molecule has 0 saturated heterocycles. The zero-order chi connectivity index (χ0) is 20.8. The maximum absolute atomic E-state index is 6.17. The molecular formula is C24H17N5O2. The van der Waals surface area contributed by atoms with E-state index >= 15 is 0 Å². The van der Waals surface area contributed by atoms with E-state index in [-0.39, 0.29) is 12.6 Å². The van der Waals surface area contributed by atoms with Crippen LogP contribution in [0.15, 0.2) is 84.5 Å². The number of ether oxygens (including phenoxy) is 2. The SMILES string of the molecule is NC1=N[C@]2(CO1)c1cc(-c3cccnc3)ccc1Oc1ncc(-c3cccnc3)cc12. The fourth-order valence-corrected chi connectivity index (χ4v) is 4.13. The van der Waals surface area contributed by atoms with Gasteiger partial charge in [0.15, 0.2) is 5.54 Å². The van der Waals surface area contributed by atoms with Crippen LogP contribution in [0, 0.1) is 0 Å². The van der Waals surface area contributed by atoms with E-state index in [1.165, 1.54) is 0 Å². The summed E-state index contributed by atoms with van der Waals surface area (Å²) in [5.74, 6) is 1.18. The Morgan fingerprint density at radius 3 is 2.23 bits per heavy atom. The third-order valence-corrected chi connectivity index (χ3v) is 5.65. The molecule has 0 radical (unpaired) electrons. The largest absolute Gasteiger partial charge is 0.462 e. The molecule has 7 heteroatoms. The number of hydrogen-bond donors (Lipinski definition) is 1. The summed E-state index contributed by atoms with van der Waals surface area (Å²) in [6.07, 6.45) is 8.91. The molecule has 2 aliphatic rings. The number of nitrogens with two attached hydrogens (primary N) is 1. The van der Waals surface area contributed by atoms with Crippen LogP contribution in [0.5, 0.6) is 11.6 Å². The van der Waals surface area contributed by atoms with E-state index in [4.69, 9.17) is 20.2 Å². The Hall–Kier alpha value is -4.26. The van der Waals surface area contributed by atoms with E-state index in [0.717, 1.165) is 33.4 Å². The van der Waals surface area contributed by atoms with Gasteiger partial charge in [0.05, 0.1) is 5.56 Å². The van der Waals surface area contributed by atoms with Gasteiger partial charge in [-0.15, -0.1) is 0 Å². The van der Waals surface area contributed by atoms with Gasteiger partial charge in [0.25, 0.3) is 6.02 Å². The highest BCUT2D eigenvalue weighted by Crippen LogP contribution is 2.51. The van der Waals surface area contributed by atoms with Gasteiger partial charge in [-0.05, 0) is 35.9 Å². The predicted molar refractivity (Wildman–Crippen MR) is 116 cm³/mol. The lowest BCUT2D eigenvalue weighted by atomic mass is 9.81. The van der Waals surface area contributed by atoms with Crippen LogP contribution in [-0.4, -0.2) is 27.6 Å². The lowest BCUT2D eigenvalue weighted by molar-refractivity contribution is 0.262. The first kappa shape index (κ1) is 17.6. The van der Waals surface area contributed by atoms with Crippen molar-refractivity contribution < 1.29 is 9.47 Å². The molecule has 150 valence electrons. The summed E-state index contributed by atoms with van der Waals surface area (Å²) in [5.41, 5.74) is 10.7. The van der Waals surface area contributed by atoms with Crippen molar-refractivity contribution in [2.75, 3.05) is 6.61 Å². The first-order valence-electron chi connectivity index (χ1n) is 9.85. The van der Waals surface area contributed by atoms with Gasteiger partial charge in [0.2, 0.25) is 5.88 Å². The van der Waals surface area contributed by atoms with Gasteiger partial charge in [0.1, 0.15) is 12.4 Å². The Morgan fingerprint density at radius 2 is 1.55 bits per heavy atom. The third kappa shape index (κ3) is 2.74. The lowest BCUT2D eigenvalue weighted by Crippen LogP contribution is -2.31. The number of nitrogens with zero attached hydrogens (tertiary/aromatic N) is 4. The van der Waals surface area contributed by atoms with Crippen LogP contribution in [0.25, 0.3) is 22.3 Å². The van der Waals surface area contributed by atoms with E-state index in [0.29, 0.717) is 11.6 Å². The smallest absolute Gasteiger partial charge is 0.283 e. The molecule has 0 aliphatic carbocycles. The number of pyridine rings is 3. The summed E-state index contributed by atoms with van der Waals surface area (Å²) in [6.45, 7) is 0.275. The Balaban J connectivity index is 1.56. The van der Waals surface area contributed by atoms with Gasteiger partial charge in [-0.2, -0.15) is 0 Å². The molecule has 2 N–H and O–H groups in total. The predicted octanol–water partition coefficient (Wildman–Crippen LogP) is 3.90. The molecule has 6 rings (SSSR count). The van der Waals surface area contributed by atoms with Crippen LogP contribution in [0.4, 0.5) is 0 Å². The van der Waals surface area contributed by atoms with Crippen molar-refractivity contribution in [3.63, 3.8) is 0 Å². The molecule has 0 fully saturated rings. The summed E-state index contributed by atoms with van der Waals surface area (Å²) in [6, 6.07) is 16.0. The molecule has 1 aromatic carbocycles. The summed E-state index contributed by atoms with van der Waals surface area (Å²) in [7, 11) is 0. The maximum Gasteiger partial charge on any atom is 0.283 e. The Kier molecular flexibility index (Phi) is 3.76. The Bertz CT molecular complexity index is 1230. The van der Waals surface area contributed by atoms with E-state index in [1.54, 1.807) is 24.8 Å². The van der Waals surface area contributed by atoms with Crippen molar-refractivity contribution in [1.82, 2.24) is 15.0 Å². The fraction of sp³-hybridized carbons (Fsp3) is 0.0833. The first-order chi connectivity index (χ1) is 15.2. The van der Waals surface area contributed by atoms with Gasteiger partial charge in [-0.25, -0.2) is 9.98 Å². The van der Waals surface area contributed by atoms with E-state index in [2.05, 4.69) is 21.0 Å². The second-order valence-electron chi connectivity index (χ2n) is 7.47. The second kappa shape index (κ2) is 6.63. The molecule has 5 heterocycles. The second-order valence-corrected chi connectivity index (χ2v) is 7.47. The molecule has 2 aliphatic heterocycles. The highest BCUT2D eigenvalue weighted by Gasteiger charge is 2.47. The van der Waals surface area contributed by atoms with Crippen LogP contribution in [0.2, 0.25) is 0 Å². The Labute approximate surface area is 178 Å². The molecule has 0 amide bonds. The van der Waals surface area contributed by atoms with E-state index in [9.17, 15) is 0 Å². The van der Waals surface area contributed by atoms with Gasteiger partial charge < -0.3 is 15.2 Å². The zero-order valence-electron chi connectivity index (χ0n) is 16.4. The standard InChI is InChI=1S/C24H17N5O2/c25-23-29-24(14-30-23)19-9-15(16-3-1-7-26-11-16)5-6-21(19)31-22-20(24)10-18(13-28-22)17-4-2-8-27-12-17/h1-13H,14H2,(H2,25,29)/t24-/m1/s1. The molecule has 1 spiro atoms. The average molecular weight is 407 g/mol. The first-order valence-corrected chi connectivity index (χ1v) is 9.85. The molecule has 0 bridgehead atoms. The van der Waals surface area contributed by atoms with E-state index in [1.807, 2.05) is 48.7 Å². The molecule has 4 aromatic rings. The monoisotopic (exact) mass is 407 g/mol. The van der Waals surface area contributed by atoms with Crippen LogP contribution in [0.3, 0.4) is 0 Å². The molecule has 3 aromatic heterocycles. The molecule has 7 nitrogen and oxygen atoms in total. The van der Waals surface area contributed by atoms with Crippen molar-refractivity contribution in [3.8, 4) is 33.9 Å². The van der Waals surface area contributed by atoms with Crippen LogP contribution in [-0.2, 0) is 10.3 Å². The summed E-state index contributed by atoms with van der Waals surface area (Å²) in [5, 5.41) is 0. The highest BCUT2D eigenvalue weighted by molar-refractivity contribution is 5.78. The number of amidine groups is 1. The Morgan fingerprint density at radius 1 is 0.806 bits per heavy atom. The fourth-order valence-electron chi connectivity index (χ4n) is 4.13. The van der Waals surface area contributed by atoms with Gasteiger partial charge >= 0.3 is 0 Å². The summed E-state index contributed by atoms with van der Waals surface area (Å²) >= 11 is 0. The van der Waals surface area contributed by atoms with Crippen LogP contribution in [0.1, 0.15) is 11.1 Å². The molecule has 31 heavy (non-hydrogen) atoms. The quantitative estimate of drug-likeness (QED) is 0.541. The molecule has 1 atom stereocenters. The van der Waals surface area contributed by atoms with Crippen molar-refractivity contribution in [2.45, 2.75) is 5.54 Å². The van der Waals surface area contributed by atoms with Crippen molar-refractivity contribution in [2.24, 2.45) is 10.7 Å². The molecule has 0 saturated carbocycles. The minimum atomic E-state index is -0.837. The van der Waals surface area contributed by atoms with Gasteiger partial charge in [-0.1, -0.05) is 18.2 Å². The van der Waals surface area contributed by atoms with Gasteiger partial charge in [-0.3, -0.25) is 9.97 Å². The molecule has 0 unspecified atom stereocenters. The minimum absolute atomic E-state index is 0.150. The number of fused-ring (bicyclic) bond motifs is 4. The number of rotatable bonds is 2. The normalized spacial score (nSPS) is 18.5. The maximum atomic E-state index is 6.17. The average Bonchev–Trinajstić information content (AvgIpc) is 3.22. The highest BCUT2D eigenvalue weighted by atomic mass is 16.5. The number of hydrogen-bond acceptors (Lipinski definition) is 7. The van der Waals surface area contributed by atoms with Crippen molar-refractivity contribution in [3.05, 3.63) is 90.6 Å². The minimum Gasteiger partial charge on any atom is -0.462 e. The van der Waals surface area contributed by atoms with Crippen LogP contribution < -0.4 is 10.5 Å². The summed E-state index contributed by atoms with van der Waals surface area (Å²) in [4.78, 5) is 17.8. The van der Waals surface area contributed by atoms with Crippen LogP contribution >= 0.6 is 0 Å². The van der Waals surface area contributed by atoms with Crippen molar-refractivity contribution in [1.29, 1.82) is 0 Å². The summed E-state index contributed by atoms with van der Waals surface area (Å²) < 4.78 is 11.8. The van der Waals surface area contributed by atoms with Crippen molar-refractivity contribution >= 4 is 6.02 Å². The van der Waals surface area contributed by atoms with E-state index < -0.39 is 5.54 Å². The molecular weight excluding hydrogens is 390 g/mol. The third-order valence-electron chi connectivity index (χ3n) is 5.65. The topological polar surface area (TPSA) is 95.5 Å². The number of benzene rings is 1. The number of aromatic nitrogens is 3. The number of aliphatic imine (C=N–C) groups is 1. The zero-order valence-corrected chi connectivity index (χ0v) is 16.4. The lowest BCUT2D eigenvalue weighted by Gasteiger charge is -2.33. The van der Waals surface area contributed by atoms with Gasteiger partial charge in [0, 0.05) is 53.2 Å².